The van der Waals surface area contributed by atoms with Gasteiger partial charge in [0.1, 0.15) is 17.7 Å². The smallest absolute Gasteiger partial charge is 0.128 e. The van der Waals surface area contributed by atoms with E-state index in [1.54, 1.807) is 18.2 Å². The Bertz CT molecular complexity index is 662. The van der Waals surface area contributed by atoms with Crippen molar-refractivity contribution in [1.29, 1.82) is 0 Å². The monoisotopic (exact) mass is 356 g/mol. The largest absolute Gasteiger partial charge is 0.485 e. The van der Waals surface area contributed by atoms with Crippen molar-refractivity contribution in [2.24, 2.45) is 0 Å². The number of aliphatic hydroxyl groups excluding tert-OH is 1. The van der Waals surface area contributed by atoms with E-state index < -0.39 is 6.10 Å². The molecule has 0 saturated carbocycles. The third-order valence-corrected chi connectivity index (χ3v) is 4.30. The van der Waals surface area contributed by atoms with Crippen molar-refractivity contribution in [3.05, 3.63) is 62.8 Å². The summed E-state index contributed by atoms with van der Waals surface area (Å²) in [5.41, 5.74) is 1.35. The number of rotatable bonds is 1. The molecule has 5 heteroatoms. The molecule has 0 aliphatic carbocycles. The van der Waals surface area contributed by atoms with Crippen molar-refractivity contribution in [2.45, 2.75) is 18.6 Å². The summed E-state index contributed by atoms with van der Waals surface area (Å²) in [5, 5.41) is 10.8. The highest BCUT2D eigenvalue weighted by atomic mass is 79.9. The summed E-state index contributed by atoms with van der Waals surface area (Å²) in [6.45, 7) is 0. The van der Waals surface area contributed by atoms with Crippen molar-refractivity contribution in [1.82, 2.24) is 0 Å². The lowest BCUT2D eigenvalue weighted by molar-refractivity contribution is 0.0650. The van der Waals surface area contributed by atoms with E-state index in [4.69, 9.17) is 16.3 Å². The van der Waals surface area contributed by atoms with Gasteiger partial charge in [-0.2, -0.15) is 0 Å². The fourth-order valence-corrected chi connectivity index (χ4v) is 3.05. The Morgan fingerprint density at radius 1 is 1.20 bits per heavy atom. The highest BCUT2D eigenvalue weighted by molar-refractivity contribution is 9.10. The van der Waals surface area contributed by atoms with E-state index in [9.17, 15) is 9.50 Å². The molecule has 0 amide bonds. The quantitative estimate of drug-likeness (QED) is 0.794. The second-order valence-electron chi connectivity index (χ2n) is 4.71. The zero-order valence-corrected chi connectivity index (χ0v) is 12.7. The van der Waals surface area contributed by atoms with Gasteiger partial charge in [0.15, 0.2) is 0 Å². The molecule has 1 aliphatic heterocycles. The molecule has 1 N–H and O–H groups in total. The van der Waals surface area contributed by atoms with Crippen LogP contribution in [0.3, 0.4) is 0 Å². The van der Waals surface area contributed by atoms with Gasteiger partial charge in [0.25, 0.3) is 0 Å². The Hall–Kier alpha value is -1.10. The highest BCUT2D eigenvalue weighted by Gasteiger charge is 2.29. The van der Waals surface area contributed by atoms with Crippen LogP contribution in [0, 0.1) is 5.82 Å². The third-order valence-electron chi connectivity index (χ3n) is 3.34. The first kappa shape index (κ1) is 13.9. The molecule has 2 unspecified atom stereocenters. The molecule has 0 spiro atoms. The average molecular weight is 358 g/mol. The molecular weight excluding hydrogens is 347 g/mol. The standard InChI is InChI=1S/C15H11BrClFO2/c16-12-3-1-8(17)5-10(12)15-7-13(19)11-6-9(18)2-4-14(11)20-15/h1-6,13,15,19H,7H2. The molecule has 1 aliphatic rings. The van der Waals surface area contributed by atoms with Gasteiger partial charge in [-0.05, 0) is 36.4 Å². The van der Waals surface area contributed by atoms with Crippen LogP contribution >= 0.6 is 27.5 Å². The van der Waals surface area contributed by atoms with Gasteiger partial charge in [-0.1, -0.05) is 27.5 Å². The number of hydrogen-bond acceptors (Lipinski definition) is 2. The second-order valence-corrected chi connectivity index (χ2v) is 6.00. The fourth-order valence-electron chi connectivity index (χ4n) is 2.37. The summed E-state index contributed by atoms with van der Waals surface area (Å²) in [6, 6.07) is 9.59. The lowest BCUT2D eigenvalue weighted by atomic mass is 9.95. The first-order chi connectivity index (χ1) is 9.54. The summed E-state index contributed by atoms with van der Waals surface area (Å²) in [5.74, 6) is 0.121. The van der Waals surface area contributed by atoms with Crippen LogP contribution in [0.4, 0.5) is 4.39 Å². The minimum absolute atomic E-state index is 0.323. The van der Waals surface area contributed by atoms with E-state index in [0.29, 0.717) is 22.8 Å². The second kappa shape index (κ2) is 5.35. The molecule has 1 heterocycles. The van der Waals surface area contributed by atoms with Crippen LogP contribution in [-0.2, 0) is 0 Å². The topological polar surface area (TPSA) is 29.5 Å². The normalized spacial score (nSPS) is 21.2. The van der Waals surface area contributed by atoms with Crippen LogP contribution in [0.15, 0.2) is 40.9 Å². The third kappa shape index (κ3) is 2.55. The Balaban J connectivity index is 1.99. The van der Waals surface area contributed by atoms with Crippen molar-refractivity contribution in [3.8, 4) is 5.75 Å². The van der Waals surface area contributed by atoms with Gasteiger partial charge >= 0.3 is 0 Å². The molecule has 20 heavy (non-hydrogen) atoms. The predicted octanol–water partition coefficient (Wildman–Crippen LogP) is 4.80. The minimum Gasteiger partial charge on any atom is -0.485 e. The Morgan fingerprint density at radius 3 is 2.80 bits per heavy atom. The summed E-state index contributed by atoms with van der Waals surface area (Å²) in [4.78, 5) is 0. The van der Waals surface area contributed by atoms with Crippen LogP contribution < -0.4 is 4.74 Å². The van der Waals surface area contributed by atoms with E-state index in [-0.39, 0.29) is 11.9 Å². The van der Waals surface area contributed by atoms with Gasteiger partial charge in [-0.25, -0.2) is 4.39 Å². The van der Waals surface area contributed by atoms with Crippen molar-refractivity contribution in [2.75, 3.05) is 0 Å². The molecular formula is C15H11BrClFO2. The predicted molar refractivity (Wildman–Crippen MR) is 78.5 cm³/mol. The van der Waals surface area contributed by atoms with Gasteiger partial charge in [-0.15, -0.1) is 0 Å². The van der Waals surface area contributed by atoms with Crippen LogP contribution in [0.5, 0.6) is 5.75 Å². The molecule has 104 valence electrons. The minimum atomic E-state index is -0.759. The number of benzene rings is 2. The van der Waals surface area contributed by atoms with Crippen molar-refractivity contribution < 1.29 is 14.2 Å². The van der Waals surface area contributed by atoms with Crippen LogP contribution in [0.1, 0.15) is 29.8 Å². The maximum Gasteiger partial charge on any atom is 0.128 e. The SMILES string of the molecule is OC1CC(c2cc(Cl)ccc2Br)Oc2ccc(F)cc21. The fraction of sp³-hybridized carbons (Fsp3) is 0.200. The van der Waals surface area contributed by atoms with Crippen molar-refractivity contribution >= 4 is 27.5 Å². The van der Waals surface area contributed by atoms with E-state index >= 15 is 0 Å². The number of aliphatic hydroxyl groups is 1. The van der Waals surface area contributed by atoms with E-state index in [1.165, 1.54) is 12.1 Å². The summed E-state index contributed by atoms with van der Waals surface area (Å²) >= 11 is 9.46. The molecule has 2 aromatic carbocycles. The van der Waals surface area contributed by atoms with E-state index in [0.717, 1.165) is 10.0 Å². The zero-order valence-electron chi connectivity index (χ0n) is 10.3. The first-order valence-corrected chi connectivity index (χ1v) is 7.31. The number of halogens is 3. The van der Waals surface area contributed by atoms with Crippen LogP contribution in [0.2, 0.25) is 5.02 Å². The number of ether oxygens (including phenoxy) is 1. The number of hydrogen-bond donors (Lipinski definition) is 1. The Labute approximate surface area is 129 Å². The van der Waals surface area contributed by atoms with Crippen LogP contribution in [-0.4, -0.2) is 5.11 Å². The van der Waals surface area contributed by atoms with Gasteiger partial charge in [0, 0.05) is 27.0 Å². The van der Waals surface area contributed by atoms with Crippen LogP contribution in [0.25, 0.3) is 0 Å². The molecule has 2 nitrogen and oxygen atoms in total. The lowest BCUT2D eigenvalue weighted by Gasteiger charge is -2.30. The first-order valence-electron chi connectivity index (χ1n) is 6.13. The molecule has 0 bridgehead atoms. The molecule has 2 atom stereocenters. The summed E-state index contributed by atoms with van der Waals surface area (Å²) in [6.07, 6.45) is -0.726. The van der Waals surface area contributed by atoms with E-state index in [2.05, 4.69) is 15.9 Å². The van der Waals surface area contributed by atoms with Gasteiger partial charge in [-0.3, -0.25) is 0 Å². The van der Waals surface area contributed by atoms with Gasteiger partial charge < -0.3 is 9.84 Å². The summed E-state index contributed by atoms with van der Waals surface area (Å²) < 4.78 is 19.9. The zero-order chi connectivity index (χ0) is 14.3. The Kier molecular flexibility index (Phi) is 3.71. The maximum atomic E-state index is 13.2. The summed E-state index contributed by atoms with van der Waals surface area (Å²) in [7, 11) is 0. The van der Waals surface area contributed by atoms with Crippen molar-refractivity contribution in [3.63, 3.8) is 0 Å². The van der Waals surface area contributed by atoms with Gasteiger partial charge in [0.05, 0.1) is 6.10 Å². The molecule has 0 aromatic heterocycles. The Morgan fingerprint density at radius 2 is 2.00 bits per heavy atom. The number of fused-ring (bicyclic) bond motifs is 1. The molecule has 0 radical (unpaired) electrons. The molecule has 2 aromatic rings. The van der Waals surface area contributed by atoms with Gasteiger partial charge in [0.2, 0.25) is 0 Å². The highest BCUT2D eigenvalue weighted by Crippen LogP contribution is 2.43. The lowest BCUT2D eigenvalue weighted by Crippen LogP contribution is -2.19. The van der Waals surface area contributed by atoms with E-state index in [1.807, 2.05) is 6.07 Å². The maximum absolute atomic E-state index is 13.2. The average Bonchev–Trinajstić information content (AvgIpc) is 2.42. The molecule has 3 rings (SSSR count). The molecule has 0 saturated heterocycles. The molecule has 0 fully saturated rings.